The van der Waals surface area contributed by atoms with Crippen molar-refractivity contribution in [3.05, 3.63) is 33.8 Å². The molecule has 0 aliphatic heterocycles. The summed E-state index contributed by atoms with van der Waals surface area (Å²) in [6.07, 6.45) is 1.23. The van der Waals surface area contributed by atoms with Gasteiger partial charge in [-0.15, -0.1) is 0 Å². The normalized spacial score (nSPS) is 13.0. The number of halogens is 2. The van der Waals surface area contributed by atoms with E-state index >= 15 is 0 Å². The summed E-state index contributed by atoms with van der Waals surface area (Å²) in [6, 6.07) is 4.31. The summed E-state index contributed by atoms with van der Waals surface area (Å²) in [6.45, 7) is 2.64. The number of amides is 1. The van der Waals surface area contributed by atoms with Crippen LogP contribution in [0.15, 0.2) is 18.2 Å². The van der Waals surface area contributed by atoms with Gasteiger partial charge in [-0.25, -0.2) is 8.42 Å². The van der Waals surface area contributed by atoms with Gasteiger partial charge in [-0.3, -0.25) is 4.79 Å². The van der Waals surface area contributed by atoms with Crippen molar-refractivity contribution in [1.29, 1.82) is 0 Å². The Kier molecular flexibility index (Phi) is 7.12. The van der Waals surface area contributed by atoms with Crippen LogP contribution in [0.1, 0.15) is 18.9 Å². The highest BCUT2D eigenvalue weighted by Crippen LogP contribution is 2.23. The van der Waals surface area contributed by atoms with Gasteiger partial charge in [0.25, 0.3) is 0 Å². The quantitative estimate of drug-likeness (QED) is 0.800. The zero-order valence-corrected chi connectivity index (χ0v) is 14.9. The number of rotatable bonds is 7. The van der Waals surface area contributed by atoms with Crippen LogP contribution in [0.4, 0.5) is 0 Å². The van der Waals surface area contributed by atoms with E-state index in [0.717, 1.165) is 11.8 Å². The molecule has 0 aliphatic rings. The SMILES string of the molecule is CCN(Cc1ccc(Cl)c(Cl)c1)C(=O)C(N)CCS(C)(=O)=O. The van der Waals surface area contributed by atoms with Gasteiger partial charge in [0.1, 0.15) is 9.84 Å². The van der Waals surface area contributed by atoms with E-state index < -0.39 is 15.9 Å². The number of hydrogen-bond donors (Lipinski definition) is 1. The van der Waals surface area contributed by atoms with E-state index in [-0.39, 0.29) is 18.1 Å². The number of nitrogens with zero attached hydrogens (tertiary/aromatic N) is 1. The third kappa shape index (κ3) is 6.12. The van der Waals surface area contributed by atoms with Crippen LogP contribution in [-0.2, 0) is 21.2 Å². The van der Waals surface area contributed by atoms with E-state index in [0.29, 0.717) is 23.1 Å². The molecule has 22 heavy (non-hydrogen) atoms. The first-order valence-electron chi connectivity index (χ1n) is 6.80. The highest BCUT2D eigenvalue weighted by molar-refractivity contribution is 7.90. The first kappa shape index (κ1) is 19.2. The van der Waals surface area contributed by atoms with Gasteiger partial charge in [-0.05, 0) is 31.0 Å². The molecule has 2 N–H and O–H groups in total. The van der Waals surface area contributed by atoms with Crippen molar-refractivity contribution in [3.63, 3.8) is 0 Å². The summed E-state index contributed by atoms with van der Waals surface area (Å²) in [7, 11) is -3.14. The number of nitrogens with two attached hydrogens (primary N) is 1. The maximum Gasteiger partial charge on any atom is 0.239 e. The zero-order chi connectivity index (χ0) is 16.9. The summed E-state index contributed by atoms with van der Waals surface area (Å²) in [5, 5.41) is 0.869. The van der Waals surface area contributed by atoms with Gasteiger partial charge in [0.15, 0.2) is 0 Å². The smallest absolute Gasteiger partial charge is 0.239 e. The predicted molar refractivity (Wildman–Crippen MR) is 89.9 cm³/mol. The molecule has 0 saturated heterocycles. The average molecular weight is 367 g/mol. The highest BCUT2D eigenvalue weighted by atomic mass is 35.5. The van der Waals surface area contributed by atoms with Crippen molar-refractivity contribution in [3.8, 4) is 0 Å². The van der Waals surface area contributed by atoms with Crippen molar-refractivity contribution < 1.29 is 13.2 Å². The van der Waals surface area contributed by atoms with E-state index in [2.05, 4.69) is 0 Å². The van der Waals surface area contributed by atoms with Crippen LogP contribution in [-0.4, -0.2) is 43.8 Å². The Morgan fingerprint density at radius 2 is 1.95 bits per heavy atom. The molecule has 0 spiro atoms. The molecule has 1 rings (SSSR count). The van der Waals surface area contributed by atoms with Crippen molar-refractivity contribution in [2.45, 2.75) is 25.9 Å². The predicted octanol–water partition coefficient (Wildman–Crippen LogP) is 2.10. The Morgan fingerprint density at radius 1 is 1.32 bits per heavy atom. The van der Waals surface area contributed by atoms with Gasteiger partial charge < -0.3 is 10.6 Å². The molecule has 0 radical (unpaired) electrons. The maximum absolute atomic E-state index is 12.3. The lowest BCUT2D eigenvalue weighted by Gasteiger charge is -2.24. The molecule has 1 atom stereocenters. The molecule has 8 heteroatoms. The first-order valence-corrected chi connectivity index (χ1v) is 9.61. The molecule has 1 unspecified atom stereocenters. The molecule has 0 heterocycles. The second kappa shape index (κ2) is 8.15. The fourth-order valence-electron chi connectivity index (χ4n) is 1.90. The number of hydrogen-bond acceptors (Lipinski definition) is 4. The lowest BCUT2D eigenvalue weighted by molar-refractivity contribution is -0.133. The number of carbonyl (C=O) groups is 1. The standard InChI is InChI=1S/C14H20Cl2N2O3S/c1-3-18(9-10-4-5-11(15)12(16)8-10)14(19)13(17)6-7-22(2,20)21/h4-5,8,13H,3,6-7,9,17H2,1-2H3. The Morgan fingerprint density at radius 3 is 2.45 bits per heavy atom. The lowest BCUT2D eigenvalue weighted by Crippen LogP contribution is -2.44. The molecule has 0 saturated carbocycles. The van der Waals surface area contributed by atoms with Crippen LogP contribution in [0.3, 0.4) is 0 Å². The molecule has 1 aromatic rings. The van der Waals surface area contributed by atoms with E-state index in [4.69, 9.17) is 28.9 Å². The fourth-order valence-corrected chi connectivity index (χ4v) is 2.91. The molecule has 0 aliphatic carbocycles. The molecular weight excluding hydrogens is 347 g/mol. The second-order valence-electron chi connectivity index (χ2n) is 5.13. The highest BCUT2D eigenvalue weighted by Gasteiger charge is 2.21. The average Bonchev–Trinajstić information content (AvgIpc) is 2.44. The molecular formula is C14H20Cl2N2O3S. The van der Waals surface area contributed by atoms with Crippen LogP contribution in [0.2, 0.25) is 10.0 Å². The van der Waals surface area contributed by atoms with Gasteiger partial charge in [0.05, 0.1) is 21.8 Å². The number of benzene rings is 1. The van der Waals surface area contributed by atoms with Crippen LogP contribution >= 0.6 is 23.2 Å². The largest absolute Gasteiger partial charge is 0.337 e. The Balaban J connectivity index is 2.73. The van der Waals surface area contributed by atoms with Gasteiger partial charge in [0, 0.05) is 19.3 Å². The first-order chi connectivity index (χ1) is 10.1. The number of likely N-dealkylation sites (N-methyl/N-ethyl adjacent to an activating group) is 1. The lowest BCUT2D eigenvalue weighted by atomic mass is 10.1. The van der Waals surface area contributed by atoms with E-state index in [1.54, 1.807) is 23.1 Å². The molecule has 1 amide bonds. The molecule has 1 aromatic carbocycles. The van der Waals surface area contributed by atoms with Crippen LogP contribution in [0.5, 0.6) is 0 Å². The minimum atomic E-state index is -3.14. The third-order valence-electron chi connectivity index (χ3n) is 3.17. The summed E-state index contributed by atoms with van der Waals surface area (Å²) < 4.78 is 22.3. The number of carbonyl (C=O) groups excluding carboxylic acids is 1. The summed E-state index contributed by atoms with van der Waals surface area (Å²) in [4.78, 5) is 13.9. The zero-order valence-electron chi connectivity index (χ0n) is 12.6. The Labute approximate surface area is 141 Å². The Hall–Kier alpha value is -0.820. The maximum atomic E-state index is 12.3. The van der Waals surface area contributed by atoms with E-state index in [1.807, 2.05) is 6.92 Å². The monoisotopic (exact) mass is 366 g/mol. The van der Waals surface area contributed by atoms with Crippen molar-refractivity contribution >= 4 is 38.9 Å². The minimum Gasteiger partial charge on any atom is -0.337 e. The summed E-state index contributed by atoms with van der Waals surface area (Å²) in [5.41, 5.74) is 6.64. The molecule has 0 fully saturated rings. The summed E-state index contributed by atoms with van der Waals surface area (Å²) in [5.74, 6) is -0.387. The molecule has 0 bridgehead atoms. The van der Waals surface area contributed by atoms with Crippen LogP contribution < -0.4 is 5.73 Å². The van der Waals surface area contributed by atoms with Gasteiger partial charge in [-0.1, -0.05) is 29.3 Å². The van der Waals surface area contributed by atoms with Crippen molar-refractivity contribution in [2.75, 3.05) is 18.6 Å². The molecule has 0 aromatic heterocycles. The summed E-state index contributed by atoms with van der Waals surface area (Å²) >= 11 is 11.8. The van der Waals surface area contributed by atoms with Crippen molar-refractivity contribution in [2.24, 2.45) is 5.73 Å². The topological polar surface area (TPSA) is 80.5 Å². The van der Waals surface area contributed by atoms with Gasteiger partial charge in [-0.2, -0.15) is 0 Å². The molecule has 5 nitrogen and oxygen atoms in total. The van der Waals surface area contributed by atoms with Crippen LogP contribution in [0, 0.1) is 0 Å². The van der Waals surface area contributed by atoms with E-state index in [1.165, 1.54) is 0 Å². The minimum absolute atomic E-state index is 0.107. The Bertz CT molecular complexity index is 635. The third-order valence-corrected chi connectivity index (χ3v) is 4.88. The number of sulfone groups is 1. The van der Waals surface area contributed by atoms with Crippen molar-refractivity contribution in [1.82, 2.24) is 4.90 Å². The van der Waals surface area contributed by atoms with Gasteiger partial charge >= 0.3 is 0 Å². The fraction of sp³-hybridized carbons (Fsp3) is 0.500. The van der Waals surface area contributed by atoms with Crippen LogP contribution in [0.25, 0.3) is 0 Å². The second-order valence-corrected chi connectivity index (χ2v) is 8.20. The van der Waals surface area contributed by atoms with Gasteiger partial charge in [0.2, 0.25) is 5.91 Å². The molecule has 124 valence electrons. The van der Waals surface area contributed by atoms with E-state index in [9.17, 15) is 13.2 Å².